The van der Waals surface area contributed by atoms with Gasteiger partial charge >= 0.3 is 0 Å². The Labute approximate surface area is 126 Å². The van der Waals surface area contributed by atoms with Gasteiger partial charge in [-0.3, -0.25) is 9.78 Å². The van der Waals surface area contributed by atoms with Crippen LogP contribution in [0.4, 0.5) is 0 Å². The average molecular weight is 335 g/mol. The van der Waals surface area contributed by atoms with Gasteiger partial charge in [0.25, 0.3) is 5.91 Å². The van der Waals surface area contributed by atoms with Gasteiger partial charge in [0.1, 0.15) is 5.75 Å². The molecule has 4 nitrogen and oxygen atoms in total. The third-order valence-corrected chi connectivity index (χ3v) is 3.58. The molecule has 0 aliphatic rings. The van der Waals surface area contributed by atoms with Crippen LogP contribution in [-0.2, 0) is 6.54 Å². The highest BCUT2D eigenvalue weighted by atomic mass is 79.9. The number of carbonyl (C=O) groups excluding carboxylic acids is 1. The van der Waals surface area contributed by atoms with Crippen molar-refractivity contribution in [2.45, 2.75) is 6.54 Å². The Morgan fingerprint density at radius 3 is 2.85 bits per heavy atom. The maximum absolute atomic E-state index is 12.5. The van der Waals surface area contributed by atoms with E-state index in [2.05, 4.69) is 20.9 Å². The number of halogens is 1. The number of nitrogens with zero attached hydrogens (tertiary/aromatic N) is 2. The molecule has 0 bridgehead atoms. The van der Waals surface area contributed by atoms with E-state index in [4.69, 9.17) is 4.74 Å². The fraction of sp³-hybridized carbons (Fsp3) is 0.200. The third kappa shape index (κ3) is 3.36. The summed E-state index contributed by atoms with van der Waals surface area (Å²) in [4.78, 5) is 18.2. The number of benzene rings is 1. The standard InChI is InChI=1S/C15H15BrN2O2/c1-18(10-11-4-3-7-17-9-11)15(19)13-8-12(20-2)5-6-14(13)16/h3-9H,10H2,1-2H3. The molecule has 0 saturated carbocycles. The Hall–Kier alpha value is -1.88. The van der Waals surface area contributed by atoms with E-state index in [1.54, 1.807) is 37.5 Å². The first-order valence-electron chi connectivity index (χ1n) is 6.09. The van der Waals surface area contributed by atoms with Crippen molar-refractivity contribution in [3.8, 4) is 5.75 Å². The lowest BCUT2D eigenvalue weighted by molar-refractivity contribution is 0.0783. The van der Waals surface area contributed by atoms with Crippen molar-refractivity contribution >= 4 is 21.8 Å². The first-order valence-corrected chi connectivity index (χ1v) is 6.89. The van der Waals surface area contributed by atoms with E-state index in [-0.39, 0.29) is 5.91 Å². The van der Waals surface area contributed by atoms with Crippen molar-refractivity contribution in [3.05, 3.63) is 58.3 Å². The van der Waals surface area contributed by atoms with Gasteiger partial charge in [-0.15, -0.1) is 0 Å². The van der Waals surface area contributed by atoms with Gasteiger partial charge in [0.05, 0.1) is 12.7 Å². The first kappa shape index (κ1) is 14.5. The molecule has 0 aliphatic carbocycles. The number of rotatable bonds is 4. The smallest absolute Gasteiger partial charge is 0.255 e. The highest BCUT2D eigenvalue weighted by Crippen LogP contribution is 2.24. The van der Waals surface area contributed by atoms with Crippen LogP contribution >= 0.6 is 15.9 Å². The van der Waals surface area contributed by atoms with Crippen LogP contribution < -0.4 is 4.74 Å². The van der Waals surface area contributed by atoms with Crippen molar-refractivity contribution in [1.82, 2.24) is 9.88 Å². The minimum Gasteiger partial charge on any atom is -0.497 e. The van der Waals surface area contributed by atoms with Crippen LogP contribution in [0.1, 0.15) is 15.9 Å². The van der Waals surface area contributed by atoms with E-state index >= 15 is 0 Å². The largest absolute Gasteiger partial charge is 0.497 e. The molecule has 1 amide bonds. The van der Waals surface area contributed by atoms with Gasteiger partial charge in [-0.2, -0.15) is 0 Å². The molecule has 0 radical (unpaired) electrons. The van der Waals surface area contributed by atoms with Gasteiger partial charge in [0, 0.05) is 30.5 Å². The highest BCUT2D eigenvalue weighted by Gasteiger charge is 2.16. The maximum Gasteiger partial charge on any atom is 0.255 e. The molecule has 0 aliphatic heterocycles. The Morgan fingerprint density at radius 1 is 1.40 bits per heavy atom. The maximum atomic E-state index is 12.5. The normalized spacial score (nSPS) is 10.2. The molecule has 104 valence electrons. The minimum absolute atomic E-state index is 0.0698. The molecule has 0 saturated heterocycles. The lowest BCUT2D eigenvalue weighted by Gasteiger charge is -2.18. The molecule has 1 heterocycles. The van der Waals surface area contributed by atoms with Crippen LogP contribution in [0, 0.1) is 0 Å². The number of hydrogen-bond acceptors (Lipinski definition) is 3. The van der Waals surface area contributed by atoms with Crippen LogP contribution in [0.5, 0.6) is 5.75 Å². The molecule has 5 heteroatoms. The fourth-order valence-electron chi connectivity index (χ4n) is 1.84. The molecular weight excluding hydrogens is 320 g/mol. The van der Waals surface area contributed by atoms with E-state index in [0.717, 1.165) is 10.0 Å². The molecule has 1 aromatic heterocycles. The number of hydrogen-bond donors (Lipinski definition) is 0. The number of aromatic nitrogens is 1. The molecule has 0 atom stereocenters. The molecular formula is C15H15BrN2O2. The lowest BCUT2D eigenvalue weighted by atomic mass is 10.1. The van der Waals surface area contributed by atoms with E-state index < -0.39 is 0 Å². The van der Waals surface area contributed by atoms with Crippen LogP contribution in [0.15, 0.2) is 47.2 Å². The summed E-state index contributed by atoms with van der Waals surface area (Å²) < 4.78 is 5.91. The lowest BCUT2D eigenvalue weighted by Crippen LogP contribution is -2.26. The molecule has 2 rings (SSSR count). The molecule has 1 aromatic carbocycles. The van der Waals surface area contributed by atoms with Crippen LogP contribution in [0.3, 0.4) is 0 Å². The number of carbonyl (C=O) groups is 1. The van der Waals surface area contributed by atoms with Gasteiger partial charge in [-0.25, -0.2) is 0 Å². The van der Waals surface area contributed by atoms with E-state index in [0.29, 0.717) is 17.9 Å². The zero-order valence-electron chi connectivity index (χ0n) is 11.3. The summed E-state index contributed by atoms with van der Waals surface area (Å²) >= 11 is 3.40. The summed E-state index contributed by atoms with van der Waals surface area (Å²) in [6.45, 7) is 0.510. The van der Waals surface area contributed by atoms with E-state index in [1.807, 2.05) is 24.3 Å². The third-order valence-electron chi connectivity index (χ3n) is 2.89. The number of ether oxygens (including phenoxy) is 1. The topological polar surface area (TPSA) is 42.4 Å². The molecule has 0 N–H and O–H groups in total. The minimum atomic E-state index is -0.0698. The zero-order valence-corrected chi connectivity index (χ0v) is 12.9. The van der Waals surface area contributed by atoms with E-state index in [1.165, 1.54) is 0 Å². The highest BCUT2D eigenvalue weighted by molar-refractivity contribution is 9.10. The van der Waals surface area contributed by atoms with Crippen molar-refractivity contribution in [1.29, 1.82) is 0 Å². The first-order chi connectivity index (χ1) is 9.61. The molecule has 0 unspecified atom stereocenters. The monoisotopic (exact) mass is 334 g/mol. The summed E-state index contributed by atoms with van der Waals surface area (Å²) in [5.74, 6) is 0.589. The summed E-state index contributed by atoms with van der Waals surface area (Å²) in [7, 11) is 3.35. The second-order valence-electron chi connectivity index (χ2n) is 4.37. The molecule has 20 heavy (non-hydrogen) atoms. The summed E-state index contributed by atoms with van der Waals surface area (Å²) in [5.41, 5.74) is 1.57. The number of methoxy groups -OCH3 is 1. The van der Waals surface area contributed by atoms with Crippen molar-refractivity contribution in [2.24, 2.45) is 0 Å². The van der Waals surface area contributed by atoms with Gasteiger partial charge < -0.3 is 9.64 Å². The second kappa shape index (κ2) is 6.52. The van der Waals surface area contributed by atoms with Crippen molar-refractivity contribution in [3.63, 3.8) is 0 Å². The van der Waals surface area contributed by atoms with E-state index in [9.17, 15) is 4.79 Å². The van der Waals surface area contributed by atoms with Crippen molar-refractivity contribution in [2.75, 3.05) is 14.2 Å². The predicted octanol–water partition coefficient (Wildman–Crippen LogP) is 3.12. The number of amides is 1. The fourth-order valence-corrected chi connectivity index (χ4v) is 2.25. The van der Waals surface area contributed by atoms with Gasteiger partial charge in [0.15, 0.2) is 0 Å². The zero-order chi connectivity index (χ0) is 14.5. The Balaban J connectivity index is 2.18. The van der Waals surface area contributed by atoms with Gasteiger partial charge in [-0.1, -0.05) is 6.07 Å². The number of pyridine rings is 1. The predicted molar refractivity (Wildman–Crippen MR) is 80.7 cm³/mol. The summed E-state index contributed by atoms with van der Waals surface area (Å²) in [6, 6.07) is 9.14. The van der Waals surface area contributed by atoms with Crippen LogP contribution in [0.2, 0.25) is 0 Å². The summed E-state index contributed by atoms with van der Waals surface area (Å²) in [6.07, 6.45) is 3.47. The Bertz CT molecular complexity index is 602. The molecule has 0 fully saturated rings. The summed E-state index contributed by atoms with van der Waals surface area (Å²) in [5, 5.41) is 0. The second-order valence-corrected chi connectivity index (χ2v) is 5.22. The quantitative estimate of drug-likeness (QED) is 0.862. The van der Waals surface area contributed by atoms with Gasteiger partial charge in [0.2, 0.25) is 0 Å². The Morgan fingerprint density at radius 2 is 2.20 bits per heavy atom. The van der Waals surface area contributed by atoms with Crippen LogP contribution in [-0.4, -0.2) is 29.9 Å². The SMILES string of the molecule is COc1ccc(Br)c(C(=O)N(C)Cc2cccnc2)c1. The molecule has 2 aromatic rings. The van der Waals surface area contributed by atoms with Crippen LogP contribution in [0.25, 0.3) is 0 Å². The average Bonchev–Trinajstić information content (AvgIpc) is 2.48. The van der Waals surface area contributed by atoms with Gasteiger partial charge in [-0.05, 0) is 45.8 Å². The Kier molecular flexibility index (Phi) is 4.74. The van der Waals surface area contributed by atoms with Crippen molar-refractivity contribution < 1.29 is 9.53 Å². The molecule has 0 spiro atoms.